The molecule has 0 N–H and O–H groups in total. The Morgan fingerprint density at radius 1 is 1.30 bits per heavy atom. The van der Waals surface area contributed by atoms with Gasteiger partial charge in [-0.25, -0.2) is 0 Å². The fourth-order valence-corrected chi connectivity index (χ4v) is 2.09. The quantitative estimate of drug-likeness (QED) is 0.729. The first-order chi connectivity index (χ1) is 9.36. The normalized spacial score (nSPS) is 10.4. The Bertz CT molecular complexity index is 494. The second-order valence-electron chi connectivity index (χ2n) is 4.91. The van der Waals surface area contributed by atoms with Crippen molar-refractivity contribution in [2.24, 2.45) is 7.05 Å². The summed E-state index contributed by atoms with van der Waals surface area (Å²) in [6.07, 6.45) is 1.32. The zero-order valence-corrected chi connectivity index (χ0v) is 12.9. The molecule has 1 aromatic heterocycles. The van der Waals surface area contributed by atoms with Gasteiger partial charge in [0.25, 0.3) is 0 Å². The van der Waals surface area contributed by atoms with Crippen molar-refractivity contribution < 1.29 is 14.3 Å². The van der Waals surface area contributed by atoms with E-state index in [0.717, 1.165) is 17.0 Å². The lowest BCUT2D eigenvalue weighted by atomic mass is 10.1. The molecule has 1 aromatic rings. The average Bonchev–Trinajstić information content (AvgIpc) is 2.66. The van der Waals surface area contributed by atoms with E-state index in [9.17, 15) is 9.59 Å². The maximum atomic E-state index is 12.0. The third-order valence-electron chi connectivity index (χ3n) is 3.55. The van der Waals surface area contributed by atoms with E-state index in [1.54, 1.807) is 11.9 Å². The van der Waals surface area contributed by atoms with Crippen LogP contribution >= 0.6 is 0 Å². The van der Waals surface area contributed by atoms with Crippen LogP contribution in [0.25, 0.3) is 0 Å². The van der Waals surface area contributed by atoms with Gasteiger partial charge in [0.2, 0.25) is 5.91 Å². The van der Waals surface area contributed by atoms with Gasteiger partial charge >= 0.3 is 5.97 Å². The molecule has 0 aliphatic carbocycles. The van der Waals surface area contributed by atoms with Crippen molar-refractivity contribution >= 4 is 11.9 Å². The zero-order chi connectivity index (χ0) is 15.3. The van der Waals surface area contributed by atoms with Gasteiger partial charge < -0.3 is 9.64 Å². The molecule has 20 heavy (non-hydrogen) atoms. The number of rotatable bonds is 6. The molecule has 0 saturated heterocycles. The molecule has 112 valence electrons. The second kappa shape index (κ2) is 7.07. The highest BCUT2D eigenvalue weighted by Gasteiger charge is 2.14. The predicted octanol–water partition coefficient (Wildman–Crippen LogP) is 0.991. The number of aromatic nitrogens is 2. The first-order valence-corrected chi connectivity index (χ1v) is 6.66. The maximum absolute atomic E-state index is 12.0. The monoisotopic (exact) mass is 281 g/mol. The van der Waals surface area contributed by atoms with E-state index < -0.39 is 0 Å². The first kappa shape index (κ1) is 16.2. The van der Waals surface area contributed by atoms with Crippen LogP contribution in [0, 0.1) is 13.8 Å². The molecular formula is C14H23N3O3. The molecule has 0 fully saturated rings. The van der Waals surface area contributed by atoms with Crippen LogP contribution in [0.15, 0.2) is 0 Å². The van der Waals surface area contributed by atoms with Crippen LogP contribution < -0.4 is 0 Å². The van der Waals surface area contributed by atoms with Crippen molar-refractivity contribution in [3.05, 3.63) is 17.0 Å². The molecule has 0 unspecified atom stereocenters. The van der Waals surface area contributed by atoms with E-state index >= 15 is 0 Å². The van der Waals surface area contributed by atoms with Gasteiger partial charge in [0.15, 0.2) is 0 Å². The van der Waals surface area contributed by atoms with Gasteiger partial charge in [-0.05, 0) is 25.8 Å². The number of ether oxygens (including phenoxy) is 1. The fraction of sp³-hybridized carbons (Fsp3) is 0.643. The van der Waals surface area contributed by atoms with Crippen LogP contribution in [0.1, 0.15) is 29.8 Å². The summed E-state index contributed by atoms with van der Waals surface area (Å²) in [6.45, 7) is 4.34. The summed E-state index contributed by atoms with van der Waals surface area (Å²) >= 11 is 0. The fourth-order valence-electron chi connectivity index (χ4n) is 2.09. The summed E-state index contributed by atoms with van der Waals surface area (Å²) in [5.74, 6) is -0.278. The van der Waals surface area contributed by atoms with E-state index in [-0.39, 0.29) is 18.3 Å². The zero-order valence-electron chi connectivity index (χ0n) is 12.9. The van der Waals surface area contributed by atoms with E-state index in [4.69, 9.17) is 0 Å². The van der Waals surface area contributed by atoms with Crippen molar-refractivity contribution in [2.45, 2.75) is 33.1 Å². The topological polar surface area (TPSA) is 64.4 Å². The minimum atomic E-state index is -0.302. The molecule has 1 rings (SSSR count). The molecule has 1 heterocycles. The lowest BCUT2D eigenvalue weighted by molar-refractivity contribution is -0.141. The van der Waals surface area contributed by atoms with Gasteiger partial charge in [-0.3, -0.25) is 14.3 Å². The van der Waals surface area contributed by atoms with Crippen molar-refractivity contribution in [1.82, 2.24) is 14.7 Å². The summed E-state index contributed by atoms with van der Waals surface area (Å²) in [5, 5.41) is 4.33. The van der Waals surface area contributed by atoms with Crippen LogP contribution in [-0.2, 0) is 27.8 Å². The number of methoxy groups -OCH3 is 1. The third-order valence-corrected chi connectivity index (χ3v) is 3.55. The van der Waals surface area contributed by atoms with Crippen molar-refractivity contribution in [1.29, 1.82) is 0 Å². The highest BCUT2D eigenvalue weighted by atomic mass is 16.5. The van der Waals surface area contributed by atoms with Crippen LogP contribution in [-0.4, -0.2) is 47.3 Å². The minimum absolute atomic E-state index is 0.0246. The number of aryl methyl sites for hydroxylation is 2. The molecule has 0 saturated carbocycles. The summed E-state index contributed by atoms with van der Waals surface area (Å²) in [4.78, 5) is 24.6. The standard InChI is InChI=1S/C14H23N3O3/c1-10-12(11(2)17(4)15-10)6-7-13(18)16(3)9-8-14(19)20-5/h6-9H2,1-5H3. The molecule has 1 amide bonds. The summed E-state index contributed by atoms with van der Waals surface area (Å²) in [5.41, 5.74) is 3.18. The number of esters is 1. The molecule has 6 nitrogen and oxygen atoms in total. The molecule has 6 heteroatoms. The summed E-state index contributed by atoms with van der Waals surface area (Å²) in [6, 6.07) is 0. The maximum Gasteiger partial charge on any atom is 0.307 e. The molecule has 0 aliphatic heterocycles. The largest absolute Gasteiger partial charge is 0.469 e. The molecule has 0 aromatic carbocycles. The Morgan fingerprint density at radius 2 is 1.95 bits per heavy atom. The highest BCUT2D eigenvalue weighted by molar-refractivity contribution is 5.77. The van der Waals surface area contributed by atoms with Crippen LogP contribution in [0.3, 0.4) is 0 Å². The number of carbonyl (C=O) groups is 2. The van der Waals surface area contributed by atoms with E-state index in [1.807, 2.05) is 25.6 Å². The summed E-state index contributed by atoms with van der Waals surface area (Å²) in [7, 11) is 4.95. The number of carbonyl (C=O) groups excluding carboxylic acids is 2. The van der Waals surface area contributed by atoms with Crippen molar-refractivity contribution in [3.63, 3.8) is 0 Å². The lowest BCUT2D eigenvalue weighted by Gasteiger charge is -2.16. The van der Waals surface area contributed by atoms with Gasteiger partial charge in [-0.2, -0.15) is 5.10 Å². The van der Waals surface area contributed by atoms with Crippen LogP contribution in [0.5, 0.6) is 0 Å². The van der Waals surface area contributed by atoms with Gasteiger partial charge in [0, 0.05) is 32.8 Å². The Balaban J connectivity index is 2.48. The van der Waals surface area contributed by atoms with E-state index in [1.165, 1.54) is 7.11 Å². The SMILES string of the molecule is COC(=O)CCN(C)C(=O)CCc1c(C)nn(C)c1C. The van der Waals surface area contributed by atoms with Crippen molar-refractivity contribution in [3.8, 4) is 0 Å². The number of hydrogen-bond donors (Lipinski definition) is 0. The average molecular weight is 281 g/mol. The second-order valence-corrected chi connectivity index (χ2v) is 4.91. The Morgan fingerprint density at radius 3 is 2.45 bits per heavy atom. The van der Waals surface area contributed by atoms with Gasteiger partial charge in [-0.1, -0.05) is 0 Å². The molecule has 0 atom stereocenters. The Kier molecular flexibility index (Phi) is 5.73. The van der Waals surface area contributed by atoms with Crippen LogP contribution in [0.2, 0.25) is 0 Å². The molecule has 0 spiro atoms. The Labute approximate surface area is 119 Å². The first-order valence-electron chi connectivity index (χ1n) is 6.66. The van der Waals surface area contributed by atoms with E-state index in [2.05, 4.69) is 9.84 Å². The molecule has 0 radical (unpaired) electrons. The number of amides is 1. The molecule has 0 bridgehead atoms. The van der Waals surface area contributed by atoms with Gasteiger partial charge in [0.05, 0.1) is 19.2 Å². The summed E-state index contributed by atoms with van der Waals surface area (Å²) < 4.78 is 6.39. The van der Waals surface area contributed by atoms with E-state index in [0.29, 0.717) is 19.4 Å². The highest BCUT2D eigenvalue weighted by Crippen LogP contribution is 2.14. The van der Waals surface area contributed by atoms with Crippen LogP contribution in [0.4, 0.5) is 0 Å². The van der Waals surface area contributed by atoms with Crippen molar-refractivity contribution in [2.75, 3.05) is 20.7 Å². The third kappa shape index (κ3) is 4.08. The Hall–Kier alpha value is -1.85. The smallest absolute Gasteiger partial charge is 0.307 e. The molecular weight excluding hydrogens is 258 g/mol. The number of nitrogens with zero attached hydrogens (tertiary/aromatic N) is 3. The molecule has 0 aliphatic rings. The lowest BCUT2D eigenvalue weighted by Crippen LogP contribution is -2.29. The predicted molar refractivity (Wildman–Crippen MR) is 75.3 cm³/mol. The van der Waals surface area contributed by atoms with Gasteiger partial charge in [-0.15, -0.1) is 0 Å². The minimum Gasteiger partial charge on any atom is -0.469 e. The number of hydrogen-bond acceptors (Lipinski definition) is 4. The van der Waals surface area contributed by atoms with Gasteiger partial charge in [0.1, 0.15) is 0 Å².